The Morgan fingerprint density at radius 2 is 1.43 bits per heavy atom. The van der Waals surface area contributed by atoms with Crippen molar-refractivity contribution in [2.24, 2.45) is 17.3 Å². The molecule has 0 aliphatic heterocycles. The van der Waals surface area contributed by atoms with Gasteiger partial charge in [0, 0.05) is 0 Å². The van der Waals surface area contributed by atoms with Gasteiger partial charge in [0.05, 0.1) is 5.60 Å². The van der Waals surface area contributed by atoms with Crippen molar-refractivity contribution in [3.8, 4) is 0 Å². The Balaban J connectivity index is 0.00000106. The van der Waals surface area contributed by atoms with Crippen LogP contribution in [0.25, 0.3) is 0 Å². The van der Waals surface area contributed by atoms with E-state index in [9.17, 15) is 5.11 Å². The van der Waals surface area contributed by atoms with Gasteiger partial charge >= 0.3 is 0 Å². The fourth-order valence-electron chi connectivity index (χ4n) is 5.10. The molecule has 4 atom stereocenters. The fraction of sp³-hybridized carbons (Fsp3) is 0.900. The molecule has 124 valence electrons. The van der Waals surface area contributed by atoms with Crippen LogP contribution >= 0.6 is 0 Å². The largest absolute Gasteiger partial charge is 0.390 e. The molecule has 1 heteroatoms. The lowest BCUT2D eigenvalue weighted by Crippen LogP contribution is -2.41. The van der Waals surface area contributed by atoms with Crippen molar-refractivity contribution >= 4 is 0 Å². The zero-order chi connectivity index (χ0) is 15.9. The summed E-state index contributed by atoms with van der Waals surface area (Å²) in [6.45, 7) is 13.0. The summed E-state index contributed by atoms with van der Waals surface area (Å²) in [4.78, 5) is 0. The quantitative estimate of drug-likeness (QED) is 0.456. The Bertz CT molecular complexity index is 296. The average molecular weight is 295 g/mol. The first-order valence-electron chi connectivity index (χ1n) is 9.15. The molecule has 0 heterocycles. The zero-order valence-electron chi connectivity index (χ0n) is 14.8. The van der Waals surface area contributed by atoms with Crippen LogP contribution in [-0.4, -0.2) is 10.7 Å². The molecule has 0 saturated heterocycles. The van der Waals surface area contributed by atoms with Crippen LogP contribution in [0, 0.1) is 17.3 Å². The normalized spacial score (nSPS) is 41.9. The average Bonchev–Trinajstić information content (AvgIpc) is 2.63. The highest BCUT2D eigenvalue weighted by Crippen LogP contribution is 2.50. The molecule has 0 aromatic rings. The number of hydrogen-bond acceptors (Lipinski definition) is 1. The molecule has 21 heavy (non-hydrogen) atoms. The van der Waals surface area contributed by atoms with E-state index in [0.29, 0.717) is 5.41 Å². The van der Waals surface area contributed by atoms with Gasteiger partial charge in [-0.25, -0.2) is 0 Å². The second kappa shape index (κ2) is 8.36. The number of aliphatic hydroxyl groups is 1. The minimum Gasteiger partial charge on any atom is -0.390 e. The van der Waals surface area contributed by atoms with Crippen molar-refractivity contribution in [2.75, 3.05) is 0 Å². The second-order valence-corrected chi connectivity index (χ2v) is 8.11. The molecule has 0 aromatic heterocycles. The van der Waals surface area contributed by atoms with Crippen LogP contribution < -0.4 is 0 Å². The van der Waals surface area contributed by atoms with Crippen LogP contribution in [0.15, 0.2) is 13.2 Å². The van der Waals surface area contributed by atoms with Crippen molar-refractivity contribution in [1.29, 1.82) is 0 Å². The maximum absolute atomic E-state index is 10.7. The first kappa shape index (κ1) is 18.7. The smallest absolute Gasteiger partial charge is 0.0625 e. The Morgan fingerprint density at radius 1 is 0.857 bits per heavy atom. The van der Waals surface area contributed by atoms with Gasteiger partial charge in [-0.15, -0.1) is 13.2 Å². The van der Waals surface area contributed by atoms with E-state index in [-0.39, 0.29) is 0 Å². The summed E-state index contributed by atoms with van der Waals surface area (Å²) in [5.41, 5.74) is -0.0606. The van der Waals surface area contributed by atoms with Gasteiger partial charge in [0.25, 0.3) is 0 Å². The highest BCUT2D eigenvalue weighted by atomic mass is 16.3. The van der Waals surface area contributed by atoms with Crippen molar-refractivity contribution in [1.82, 2.24) is 0 Å². The molecule has 0 spiro atoms. The van der Waals surface area contributed by atoms with E-state index in [4.69, 9.17) is 0 Å². The van der Waals surface area contributed by atoms with E-state index in [1.165, 1.54) is 57.8 Å². The third kappa shape index (κ3) is 5.43. The van der Waals surface area contributed by atoms with Crippen LogP contribution in [0.3, 0.4) is 0 Å². The molecule has 4 unspecified atom stereocenters. The SMILES string of the molecule is C=C.CC1CCCCCC1C1(C)CCCCCC(C)(O)C1. The Kier molecular flexibility index (Phi) is 7.47. The molecule has 2 aliphatic rings. The monoisotopic (exact) mass is 294 g/mol. The molecule has 1 nitrogen and oxygen atoms in total. The maximum atomic E-state index is 10.7. The third-order valence-corrected chi connectivity index (χ3v) is 6.00. The van der Waals surface area contributed by atoms with Gasteiger partial charge in [0.1, 0.15) is 0 Å². The molecule has 2 rings (SSSR count). The van der Waals surface area contributed by atoms with Crippen molar-refractivity contribution < 1.29 is 5.11 Å². The van der Waals surface area contributed by atoms with Gasteiger partial charge in [-0.2, -0.15) is 0 Å². The highest BCUT2D eigenvalue weighted by molar-refractivity contribution is 4.93. The summed E-state index contributed by atoms with van der Waals surface area (Å²) < 4.78 is 0. The Hall–Kier alpha value is -0.300. The van der Waals surface area contributed by atoms with E-state index in [1.807, 2.05) is 0 Å². The molecule has 0 radical (unpaired) electrons. The zero-order valence-corrected chi connectivity index (χ0v) is 14.8. The minimum absolute atomic E-state index is 0.369. The summed E-state index contributed by atoms with van der Waals surface area (Å²) in [7, 11) is 0. The number of rotatable bonds is 1. The van der Waals surface area contributed by atoms with Crippen LogP contribution in [0.2, 0.25) is 0 Å². The maximum Gasteiger partial charge on any atom is 0.0625 e. The van der Waals surface area contributed by atoms with E-state index in [2.05, 4.69) is 33.9 Å². The summed E-state index contributed by atoms with van der Waals surface area (Å²) in [5.74, 6) is 1.68. The molecule has 1 N–H and O–H groups in total. The Labute approximate surface area is 133 Å². The standard InChI is InChI=1S/C18H34O.C2H4/c1-15-10-6-4-7-11-16(15)17(2)12-8-5-9-13-18(3,19)14-17;1-2/h15-16,19H,4-14H2,1-3H3;1-2H2. The van der Waals surface area contributed by atoms with E-state index >= 15 is 0 Å². The summed E-state index contributed by atoms with van der Waals surface area (Å²) in [6, 6.07) is 0. The predicted octanol–water partition coefficient (Wildman–Crippen LogP) is 6.12. The topological polar surface area (TPSA) is 20.2 Å². The van der Waals surface area contributed by atoms with Gasteiger partial charge in [0.15, 0.2) is 0 Å². The highest BCUT2D eigenvalue weighted by Gasteiger charge is 2.42. The number of hydrogen-bond donors (Lipinski definition) is 1. The van der Waals surface area contributed by atoms with Crippen molar-refractivity contribution in [2.45, 2.75) is 97.0 Å². The molecule has 2 fully saturated rings. The lowest BCUT2D eigenvalue weighted by Gasteiger charge is -2.46. The molecule has 2 aliphatic carbocycles. The molecule has 0 bridgehead atoms. The van der Waals surface area contributed by atoms with E-state index < -0.39 is 5.60 Å². The predicted molar refractivity (Wildman–Crippen MR) is 93.4 cm³/mol. The molecule has 0 aromatic carbocycles. The molecule has 2 saturated carbocycles. The van der Waals surface area contributed by atoms with Gasteiger partial charge in [-0.3, -0.25) is 0 Å². The van der Waals surface area contributed by atoms with Crippen molar-refractivity contribution in [3.63, 3.8) is 0 Å². The van der Waals surface area contributed by atoms with Gasteiger partial charge in [0.2, 0.25) is 0 Å². The van der Waals surface area contributed by atoms with E-state index in [1.54, 1.807) is 0 Å². The lowest BCUT2D eigenvalue weighted by atomic mass is 9.61. The van der Waals surface area contributed by atoms with Crippen molar-refractivity contribution in [3.05, 3.63) is 13.2 Å². The Morgan fingerprint density at radius 3 is 2.14 bits per heavy atom. The second-order valence-electron chi connectivity index (χ2n) is 8.11. The first-order valence-corrected chi connectivity index (χ1v) is 9.15. The molecular formula is C20H38O. The fourth-order valence-corrected chi connectivity index (χ4v) is 5.10. The van der Waals surface area contributed by atoms with Crippen LogP contribution in [-0.2, 0) is 0 Å². The van der Waals surface area contributed by atoms with Crippen LogP contribution in [0.1, 0.15) is 91.4 Å². The summed E-state index contributed by atoms with van der Waals surface area (Å²) in [6.07, 6.45) is 14.3. The first-order chi connectivity index (χ1) is 9.93. The summed E-state index contributed by atoms with van der Waals surface area (Å²) in [5, 5.41) is 10.7. The van der Waals surface area contributed by atoms with Crippen LogP contribution in [0.4, 0.5) is 0 Å². The van der Waals surface area contributed by atoms with E-state index in [0.717, 1.165) is 24.7 Å². The minimum atomic E-state index is -0.429. The van der Waals surface area contributed by atoms with Crippen LogP contribution in [0.5, 0.6) is 0 Å². The third-order valence-electron chi connectivity index (χ3n) is 6.00. The van der Waals surface area contributed by atoms with Gasteiger partial charge < -0.3 is 5.11 Å². The van der Waals surface area contributed by atoms with Gasteiger partial charge in [-0.1, -0.05) is 58.8 Å². The summed E-state index contributed by atoms with van der Waals surface area (Å²) >= 11 is 0. The molecule has 0 amide bonds. The molecular weight excluding hydrogens is 256 g/mol. The van der Waals surface area contributed by atoms with Gasteiger partial charge in [-0.05, 0) is 49.9 Å². The lowest BCUT2D eigenvalue weighted by molar-refractivity contribution is -0.0416.